The number of unbranched alkanes of at least 4 members (excludes halogenated alkanes) is 1. The normalized spacial score (nSPS) is 19.3. The van der Waals surface area contributed by atoms with Crippen molar-refractivity contribution in [3.05, 3.63) is 0 Å². The van der Waals surface area contributed by atoms with E-state index in [1.165, 1.54) is 19.3 Å². The topological polar surface area (TPSA) is 52.0 Å². The maximum absolute atomic E-state index is 6.38. The molecule has 0 aromatic rings. The molecule has 4 N–H and O–H groups in total. The molecule has 0 bridgehead atoms. The lowest BCUT2D eigenvalue weighted by Gasteiger charge is -2.33. The van der Waals surface area contributed by atoms with Crippen molar-refractivity contribution in [3.8, 4) is 0 Å². The number of hydrogen-bond donors (Lipinski definition) is 2. The molecule has 0 radical (unpaired) electrons. The van der Waals surface area contributed by atoms with Gasteiger partial charge in [0.2, 0.25) is 0 Å². The Kier molecular flexibility index (Phi) is 6.95. The van der Waals surface area contributed by atoms with Crippen LogP contribution in [0.1, 0.15) is 79.6 Å². The summed E-state index contributed by atoms with van der Waals surface area (Å²) in [4.78, 5) is 0. The summed E-state index contributed by atoms with van der Waals surface area (Å²) >= 11 is 0. The van der Waals surface area contributed by atoms with E-state index in [0.717, 1.165) is 25.7 Å². The molecule has 0 aromatic carbocycles. The van der Waals surface area contributed by atoms with Gasteiger partial charge in [0.05, 0.1) is 0 Å². The second-order valence-corrected chi connectivity index (χ2v) is 8.00. The fraction of sp³-hybridized carbons (Fsp3) is 1.00. The highest BCUT2D eigenvalue weighted by Crippen LogP contribution is 2.32. The molecular weight excluding hydrogens is 219 g/mol. The molecule has 2 unspecified atom stereocenters. The zero-order chi connectivity index (χ0) is 14.4. The van der Waals surface area contributed by atoms with Crippen LogP contribution in [0, 0.1) is 0 Å². The highest BCUT2D eigenvalue weighted by molar-refractivity contribution is 6.14. The Morgan fingerprint density at radius 2 is 1.28 bits per heavy atom. The summed E-state index contributed by atoms with van der Waals surface area (Å²) in [6.45, 7) is 11.1. The maximum Gasteiger partial charge on any atom is 0.108 e. The SMILES string of the molecule is BC(C)(C)CC(C)(N)CCCCC(C)(N)CCC. The van der Waals surface area contributed by atoms with Crippen molar-refractivity contribution in [2.75, 3.05) is 0 Å². The number of nitrogens with two attached hydrogens (primary N) is 2. The summed E-state index contributed by atoms with van der Waals surface area (Å²) in [5.41, 5.74) is 12.6. The average molecular weight is 254 g/mol. The highest BCUT2D eigenvalue weighted by Gasteiger charge is 2.25. The van der Waals surface area contributed by atoms with E-state index in [2.05, 4.69) is 42.5 Å². The van der Waals surface area contributed by atoms with Crippen LogP contribution >= 0.6 is 0 Å². The van der Waals surface area contributed by atoms with Crippen LogP contribution in [0.15, 0.2) is 0 Å². The Morgan fingerprint density at radius 1 is 0.833 bits per heavy atom. The van der Waals surface area contributed by atoms with Crippen molar-refractivity contribution in [3.63, 3.8) is 0 Å². The first kappa shape index (κ1) is 18.0. The smallest absolute Gasteiger partial charge is 0.108 e. The Bertz CT molecular complexity index is 229. The van der Waals surface area contributed by atoms with Gasteiger partial charge in [-0.1, -0.05) is 45.3 Å². The van der Waals surface area contributed by atoms with E-state index in [0.29, 0.717) is 5.31 Å². The van der Waals surface area contributed by atoms with Crippen LogP contribution in [0.25, 0.3) is 0 Å². The van der Waals surface area contributed by atoms with Gasteiger partial charge in [-0.05, 0) is 39.5 Å². The zero-order valence-electron chi connectivity index (χ0n) is 13.6. The van der Waals surface area contributed by atoms with Crippen molar-refractivity contribution < 1.29 is 0 Å². The summed E-state index contributed by atoms with van der Waals surface area (Å²) < 4.78 is 0. The summed E-state index contributed by atoms with van der Waals surface area (Å²) in [5.74, 6) is 0. The summed E-state index contributed by atoms with van der Waals surface area (Å²) in [6.07, 6.45) is 7.98. The highest BCUT2D eigenvalue weighted by atomic mass is 14.7. The van der Waals surface area contributed by atoms with Crippen LogP contribution in [0.2, 0.25) is 5.31 Å². The molecule has 0 spiro atoms. The van der Waals surface area contributed by atoms with Crippen molar-refractivity contribution in [2.24, 2.45) is 11.5 Å². The van der Waals surface area contributed by atoms with Crippen LogP contribution in [0.3, 0.4) is 0 Å². The molecule has 108 valence electrons. The third kappa shape index (κ3) is 9.96. The Labute approximate surface area is 116 Å². The van der Waals surface area contributed by atoms with E-state index in [9.17, 15) is 0 Å². The minimum absolute atomic E-state index is 0.0176. The largest absolute Gasteiger partial charge is 0.325 e. The fourth-order valence-electron chi connectivity index (χ4n) is 3.05. The van der Waals surface area contributed by atoms with Crippen LogP contribution in [0.5, 0.6) is 0 Å². The van der Waals surface area contributed by atoms with Gasteiger partial charge in [-0.3, -0.25) is 0 Å². The summed E-state index contributed by atoms with van der Waals surface area (Å²) in [6, 6.07) is 0. The molecule has 0 aliphatic carbocycles. The van der Waals surface area contributed by atoms with Gasteiger partial charge in [-0.25, -0.2) is 0 Å². The lowest BCUT2D eigenvalue weighted by atomic mass is 9.65. The minimum atomic E-state index is -0.0337. The molecule has 0 aromatic heterocycles. The minimum Gasteiger partial charge on any atom is -0.325 e. The predicted octanol–water partition coefficient (Wildman–Crippen LogP) is 3.00. The van der Waals surface area contributed by atoms with Gasteiger partial charge >= 0.3 is 0 Å². The molecule has 0 amide bonds. The van der Waals surface area contributed by atoms with Crippen molar-refractivity contribution >= 4 is 7.85 Å². The van der Waals surface area contributed by atoms with E-state index >= 15 is 0 Å². The molecule has 2 atom stereocenters. The van der Waals surface area contributed by atoms with Crippen LogP contribution in [0.4, 0.5) is 0 Å². The Balaban J connectivity index is 3.90. The first-order valence-corrected chi connectivity index (χ1v) is 7.55. The molecule has 0 heterocycles. The number of hydrogen-bond acceptors (Lipinski definition) is 2. The van der Waals surface area contributed by atoms with Crippen molar-refractivity contribution in [1.82, 2.24) is 0 Å². The molecule has 0 aliphatic heterocycles. The van der Waals surface area contributed by atoms with E-state index in [1.807, 2.05) is 0 Å². The third-order valence-electron chi connectivity index (χ3n) is 3.50. The molecule has 0 saturated heterocycles. The quantitative estimate of drug-likeness (QED) is 0.491. The van der Waals surface area contributed by atoms with Crippen molar-refractivity contribution in [2.45, 2.75) is 96.0 Å². The van der Waals surface area contributed by atoms with Crippen LogP contribution in [-0.4, -0.2) is 18.9 Å². The standard InChI is InChI=1S/C15H35BN2/c1-6-9-14(4,17)10-7-8-11-15(5,18)12-13(2,3)16/h6-12,16-18H2,1-5H3. The fourth-order valence-corrected chi connectivity index (χ4v) is 3.05. The molecule has 18 heavy (non-hydrogen) atoms. The van der Waals surface area contributed by atoms with Crippen LogP contribution < -0.4 is 11.5 Å². The Morgan fingerprint density at radius 3 is 1.67 bits per heavy atom. The maximum atomic E-state index is 6.38. The van der Waals surface area contributed by atoms with Gasteiger partial charge in [0, 0.05) is 11.1 Å². The molecule has 0 aliphatic rings. The van der Waals surface area contributed by atoms with E-state index in [4.69, 9.17) is 11.5 Å². The monoisotopic (exact) mass is 254 g/mol. The molecular formula is C15H35BN2. The molecule has 2 nitrogen and oxygen atoms in total. The lowest BCUT2D eigenvalue weighted by molar-refractivity contribution is 0.325. The Hall–Kier alpha value is -0.0151. The molecule has 0 saturated carbocycles. The second kappa shape index (κ2) is 6.95. The van der Waals surface area contributed by atoms with Gasteiger partial charge in [-0.2, -0.15) is 0 Å². The predicted molar refractivity (Wildman–Crippen MR) is 85.8 cm³/mol. The third-order valence-corrected chi connectivity index (χ3v) is 3.50. The van der Waals surface area contributed by atoms with Gasteiger partial charge in [0.1, 0.15) is 7.85 Å². The first-order chi connectivity index (χ1) is 7.97. The van der Waals surface area contributed by atoms with E-state index in [-0.39, 0.29) is 11.1 Å². The van der Waals surface area contributed by atoms with Gasteiger partial charge < -0.3 is 11.5 Å². The molecule has 0 rings (SSSR count). The van der Waals surface area contributed by atoms with Gasteiger partial charge in [0.25, 0.3) is 0 Å². The lowest BCUT2D eigenvalue weighted by Crippen LogP contribution is -2.39. The summed E-state index contributed by atoms with van der Waals surface area (Å²) in [5, 5.41) is 0.314. The molecule has 0 fully saturated rings. The second-order valence-electron chi connectivity index (χ2n) is 8.00. The van der Waals surface area contributed by atoms with Crippen LogP contribution in [-0.2, 0) is 0 Å². The van der Waals surface area contributed by atoms with E-state index < -0.39 is 0 Å². The first-order valence-electron chi connectivity index (χ1n) is 7.55. The van der Waals surface area contributed by atoms with Gasteiger partial charge in [0.15, 0.2) is 0 Å². The van der Waals surface area contributed by atoms with Gasteiger partial charge in [-0.15, -0.1) is 0 Å². The zero-order valence-corrected chi connectivity index (χ0v) is 13.6. The summed E-state index contributed by atoms with van der Waals surface area (Å²) in [7, 11) is 2.26. The average Bonchev–Trinajstić information content (AvgIpc) is 2.08. The van der Waals surface area contributed by atoms with E-state index in [1.54, 1.807) is 0 Å². The van der Waals surface area contributed by atoms with Crippen molar-refractivity contribution in [1.29, 1.82) is 0 Å². The number of rotatable bonds is 9. The molecule has 3 heteroatoms.